The van der Waals surface area contributed by atoms with Crippen LogP contribution < -0.4 is 10.6 Å². The molecule has 1 aliphatic rings. The number of hydrogen-bond donors (Lipinski definition) is 1. The number of halogens is 1. The molecule has 0 unspecified atom stereocenters. The van der Waals surface area contributed by atoms with Gasteiger partial charge >= 0.3 is 0 Å². The molecule has 0 amide bonds. The second kappa shape index (κ2) is 4.42. The standard InChI is InChI=1S/C12H17ClN2/c1-9-11(13)3-2-4-12(9)15-7-5-10(14)6-8-15/h2-4,10H,5-8,14H2,1H3. The predicted octanol–water partition coefficient (Wildman–Crippen LogP) is 2.58. The summed E-state index contributed by atoms with van der Waals surface area (Å²) in [7, 11) is 0. The van der Waals surface area contributed by atoms with Gasteiger partial charge in [0.25, 0.3) is 0 Å². The zero-order valence-corrected chi connectivity index (χ0v) is 9.80. The van der Waals surface area contributed by atoms with Crippen molar-refractivity contribution in [3.63, 3.8) is 0 Å². The van der Waals surface area contributed by atoms with Crippen LogP contribution in [0.25, 0.3) is 0 Å². The third-order valence-corrected chi connectivity index (χ3v) is 3.53. The van der Waals surface area contributed by atoms with Crippen LogP contribution >= 0.6 is 11.6 Å². The first kappa shape index (κ1) is 10.8. The van der Waals surface area contributed by atoms with Gasteiger partial charge < -0.3 is 10.6 Å². The van der Waals surface area contributed by atoms with Crippen molar-refractivity contribution < 1.29 is 0 Å². The highest BCUT2D eigenvalue weighted by Crippen LogP contribution is 2.28. The Labute approximate surface area is 96.0 Å². The summed E-state index contributed by atoms with van der Waals surface area (Å²) in [5.41, 5.74) is 8.32. The summed E-state index contributed by atoms with van der Waals surface area (Å²) >= 11 is 6.11. The zero-order chi connectivity index (χ0) is 10.8. The summed E-state index contributed by atoms with van der Waals surface area (Å²) in [5, 5.41) is 0.849. The average molecular weight is 225 g/mol. The van der Waals surface area contributed by atoms with Crippen LogP contribution in [0.3, 0.4) is 0 Å². The molecule has 0 spiro atoms. The Morgan fingerprint density at radius 1 is 1.33 bits per heavy atom. The van der Waals surface area contributed by atoms with Crippen molar-refractivity contribution in [3.05, 3.63) is 28.8 Å². The average Bonchev–Trinajstić information content (AvgIpc) is 2.24. The van der Waals surface area contributed by atoms with Gasteiger partial charge in [-0.15, -0.1) is 0 Å². The summed E-state index contributed by atoms with van der Waals surface area (Å²) in [6.07, 6.45) is 2.15. The largest absolute Gasteiger partial charge is 0.371 e. The second-order valence-electron chi connectivity index (χ2n) is 4.21. The molecule has 1 aromatic rings. The lowest BCUT2D eigenvalue weighted by Crippen LogP contribution is -2.39. The molecule has 1 fully saturated rings. The number of anilines is 1. The summed E-state index contributed by atoms with van der Waals surface area (Å²) in [5.74, 6) is 0. The summed E-state index contributed by atoms with van der Waals surface area (Å²) < 4.78 is 0. The third kappa shape index (κ3) is 2.27. The van der Waals surface area contributed by atoms with Crippen LogP contribution in [0, 0.1) is 6.92 Å². The van der Waals surface area contributed by atoms with E-state index in [0.717, 1.165) is 31.0 Å². The maximum absolute atomic E-state index is 6.11. The molecule has 0 aliphatic carbocycles. The summed E-state index contributed by atoms with van der Waals surface area (Å²) in [6, 6.07) is 6.47. The van der Waals surface area contributed by atoms with Crippen molar-refractivity contribution in [3.8, 4) is 0 Å². The monoisotopic (exact) mass is 224 g/mol. The Kier molecular flexibility index (Phi) is 3.17. The van der Waals surface area contributed by atoms with E-state index in [1.165, 1.54) is 11.3 Å². The first-order valence-corrected chi connectivity index (χ1v) is 5.82. The lowest BCUT2D eigenvalue weighted by atomic mass is 10.0. The molecular weight excluding hydrogens is 208 g/mol. The van der Waals surface area contributed by atoms with Gasteiger partial charge in [-0.3, -0.25) is 0 Å². The van der Waals surface area contributed by atoms with E-state index in [2.05, 4.69) is 17.9 Å². The first-order chi connectivity index (χ1) is 7.18. The number of piperidine rings is 1. The highest BCUT2D eigenvalue weighted by Gasteiger charge is 2.17. The fourth-order valence-corrected chi connectivity index (χ4v) is 2.25. The Bertz CT molecular complexity index is 343. The normalized spacial score (nSPS) is 18.2. The van der Waals surface area contributed by atoms with Crippen molar-refractivity contribution in [2.24, 2.45) is 5.73 Å². The molecule has 0 aromatic heterocycles. The SMILES string of the molecule is Cc1c(Cl)cccc1N1CCC(N)CC1. The van der Waals surface area contributed by atoms with Crippen LogP contribution in [0.1, 0.15) is 18.4 Å². The molecule has 0 atom stereocenters. The highest BCUT2D eigenvalue weighted by molar-refractivity contribution is 6.31. The van der Waals surface area contributed by atoms with Crippen LogP contribution in [0.2, 0.25) is 5.02 Å². The van der Waals surface area contributed by atoms with Gasteiger partial charge in [-0.25, -0.2) is 0 Å². The van der Waals surface area contributed by atoms with E-state index in [0.29, 0.717) is 6.04 Å². The van der Waals surface area contributed by atoms with Gasteiger partial charge in [0.15, 0.2) is 0 Å². The van der Waals surface area contributed by atoms with Gasteiger partial charge in [0.1, 0.15) is 0 Å². The van der Waals surface area contributed by atoms with Crippen LogP contribution in [-0.2, 0) is 0 Å². The van der Waals surface area contributed by atoms with Crippen molar-refractivity contribution in [2.75, 3.05) is 18.0 Å². The second-order valence-corrected chi connectivity index (χ2v) is 4.62. The molecule has 2 nitrogen and oxygen atoms in total. The summed E-state index contributed by atoms with van der Waals surface area (Å²) in [4.78, 5) is 2.38. The molecule has 1 aliphatic heterocycles. The minimum absolute atomic E-state index is 0.376. The molecule has 0 bridgehead atoms. The quantitative estimate of drug-likeness (QED) is 0.795. The minimum atomic E-state index is 0.376. The number of rotatable bonds is 1. The molecular formula is C12H17ClN2. The van der Waals surface area contributed by atoms with Crippen molar-refractivity contribution in [1.82, 2.24) is 0 Å². The molecule has 2 rings (SSSR count). The molecule has 82 valence electrons. The van der Waals surface area contributed by atoms with Gasteiger partial charge in [-0.2, -0.15) is 0 Å². The Morgan fingerprint density at radius 2 is 2.00 bits per heavy atom. The predicted molar refractivity (Wildman–Crippen MR) is 65.6 cm³/mol. The molecule has 3 heteroatoms. The van der Waals surface area contributed by atoms with Crippen molar-refractivity contribution in [1.29, 1.82) is 0 Å². The molecule has 0 radical (unpaired) electrons. The van der Waals surface area contributed by atoms with Crippen LogP contribution in [0.15, 0.2) is 18.2 Å². The van der Waals surface area contributed by atoms with E-state index in [4.69, 9.17) is 17.3 Å². The van der Waals surface area contributed by atoms with E-state index < -0.39 is 0 Å². The smallest absolute Gasteiger partial charge is 0.0455 e. The maximum atomic E-state index is 6.11. The van der Waals surface area contributed by atoms with E-state index >= 15 is 0 Å². The Balaban J connectivity index is 2.19. The summed E-state index contributed by atoms with van der Waals surface area (Å²) in [6.45, 7) is 4.16. The van der Waals surface area contributed by atoms with E-state index in [9.17, 15) is 0 Å². The fraction of sp³-hybridized carbons (Fsp3) is 0.500. The van der Waals surface area contributed by atoms with Gasteiger partial charge in [0, 0.05) is 29.8 Å². The number of nitrogens with two attached hydrogens (primary N) is 1. The first-order valence-electron chi connectivity index (χ1n) is 5.44. The van der Waals surface area contributed by atoms with Gasteiger partial charge in [-0.1, -0.05) is 17.7 Å². The molecule has 1 aromatic carbocycles. The van der Waals surface area contributed by atoms with Crippen molar-refractivity contribution in [2.45, 2.75) is 25.8 Å². The van der Waals surface area contributed by atoms with E-state index in [1.807, 2.05) is 12.1 Å². The van der Waals surface area contributed by atoms with Crippen LogP contribution in [0.5, 0.6) is 0 Å². The van der Waals surface area contributed by atoms with Crippen LogP contribution in [-0.4, -0.2) is 19.1 Å². The zero-order valence-electron chi connectivity index (χ0n) is 9.04. The molecule has 2 N–H and O–H groups in total. The highest BCUT2D eigenvalue weighted by atomic mass is 35.5. The number of benzene rings is 1. The Hall–Kier alpha value is -0.730. The molecule has 15 heavy (non-hydrogen) atoms. The van der Waals surface area contributed by atoms with Crippen LogP contribution in [0.4, 0.5) is 5.69 Å². The third-order valence-electron chi connectivity index (χ3n) is 3.12. The van der Waals surface area contributed by atoms with Crippen molar-refractivity contribution >= 4 is 17.3 Å². The van der Waals surface area contributed by atoms with E-state index in [1.54, 1.807) is 0 Å². The maximum Gasteiger partial charge on any atom is 0.0455 e. The molecule has 1 heterocycles. The lowest BCUT2D eigenvalue weighted by molar-refractivity contribution is 0.501. The van der Waals surface area contributed by atoms with Gasteiger partial charge in [0.2, 0.25) is 0 Å². The molecule has 1 saturated heterocycles. The molecule has 0 saturated carbocycles. The van der Waals surface area contributed by atoms with Gasteiger partial charge in [0.05, 0.1) is 0 Å². The fourth-order valence-electron chi connectivity index (χ4n) is 2.08. The Morgan fingerprint density at radius 3 is 2.67 bits per heavy atom. The topological polar surface area (TPSA) is 29.3 Å². The number of nitrogens with zero attached hydrogens (tertiary/aromatic N) is 1. The van der Waals surface area contributed by atoms with E-state index in [-0.39, 0.29) is 0 Å². The minimum Gasteiger partial charge on any atom is -0.371 e. The van der Waals surface area contributed by atoms with Gasteiger partial charge in [-0.05, 0) is 37.5 Å². The lowest BCUT2D eigenvalue weighted by Gasteiger charge is -2.33. The number of hydrogen-bond acceptors (Lipinski definition) is 2.